The van der Waals surface area contributed by atoms with Gasteiger partial charge in [-0.2, -0.15) is 4.98 Å². The van der Waals surface area contributed by atoms with Gasteiger partial charge >= 0.3 is 0 Å². The summed E-state index contributed by atoms with van der Waals surface area (Å²) in [5, 5.41) is 3.78. The van der Waals surface area contributed by atoms with E-state index in [-0.39, 0.29) is 16.1 Å². The molecule has 19 heavy (non-hydrogen) atoms. The van der Waals surface area contributed by atoms with Crippen LogP contribution in [0, 0.1) is 0 Å². The average molecular weight is 297 g/mol. The molecular weight excluding hydrogens is 288 g/mol. The Morgan fingerprint density at radius 1 is 1.32 bits per heavy atom. The van der Waals surface area contributed by atoms with Gasteiger partial charge in [-0.15, -0.1) is 0 Å². The lowest BCUT2D eigenvalue weighted by atomic mass is 10.3. The topological polar surface area (TPSA) is 84.8 Å². The van der Waals surface area contributed by atoms with Gasteiger partial charge in [0.25, 0.3) is 0 Å². The van der Waals surface area contributed by atoms with Crippen LogP contribution in [0.25, 0.3) is 0 Å². The molecule has 6 nitrogen and oxygen atoms in total. The number of nitrogens with one attached hydrogen (secondary N) is 1. The number of benzene rings is 1. The normalized spacial score (nSPS) is 11.0. The summed E-state index contributed by atoms with van der Waals surface area (Å²) in [6.45, 7) is 3.28. The molecule has 0 amide bonds. The standard InChI is InChI=1S/C11H9ClN4O2S/c1-2-19(17,18)9-5-3-4-8(6-9)15-11-14-7-13-10(12)16-11/h2-7H,1H2,(H,13,14,15,16). The first-order valence-electron chi connectivity index (χ1n) is 5.10. The maximum atomic E-state index is 11.7. The van der Waals surface area contributed by atoms with Crippen molar-refractivity contribution < 1.29 is 8.42 Å². The highest BCUT2D eigenvalue weighted by molar-refractivity contribution is 7.94. The van der Waals surface area contributed by atoms with Crippen LogP contribution in [0.4, 0.5) is 11.6 Å². The highest BCUT2D eigenvalue weighted by atomic mass is 35.5. The van der Waals surface area contributed by atoms with Crippen molar-refractivity contribution in [1.29, 1.82) is 0 Å². The van der Waals surface area contributed by atoms with Crippen LogP contribution in [-0.2, 0) is 9.84 Å². The van der Waals surface area contributed by atoms with Gasteiger partial charge in [-0.1, -0.05) is 12.6 Å². The monoisotopic (exact) mass is 296 g/mol. The molecule has 1 heterocycles. The van der Waals surface area contributed by atoms with Crippen molar-refractivity contribution in [3.63, 3.8) is 0 Å². The van der Waals surface area contributed by atoms with Crippen LogP contribution in [0.1, 0.15) is 0 Å². The molecule has 98 valence electrons. The summed E-state index contributed by atoms with van der Waals surface area (Å²) >= 11 is 5.63. The molecule has 0 bridgehead atoms. The smallest absolute Gasteiger partial charge is 0.231 e. The fourth-order valence-corrected chi connectivity index (χ4v) is 2.19. The zero-order valence-electron chi connectivity index (χ0n) is 9.62. The Balaban J connectivity index is 2.32. The molecule has 0 aliphatic rings. The van der Waals surface area contributed by atoms with Crippen LogP contribution in [0.5, 0.6) is 0 Å². The third-order valence-corrected chi connectivity index (χ3v) is 3.71. The minimum atomic E-state index is -3.48. The van der Waals surface area contributed by atoms with Gasteiger partial charge in [-0.05, 0) is 29.8 Å². The number of nitrogens with zero attached hydrogens (tertiary/aromatic N) is 3. The quantitative estimate of drug-likeness (QED) is 0.931. The summed E-state index contributed by atoms with van der Waals surface area (Å²) in [5.74, 6) is 0.230. The number of sulfone groups is 1. The molecule has 0 saturated carbocycles. The summed E-state index contributed by atoms with van der Waals surface area (Å²) in [7, 11) is -3.48. The molecule has 2 rings (SSSR count). The highest BCUT2D eigenvalue weighted by Gasteiger charge is 2.10. The molecule has 0 saturated heterocycles. The number of aromatic nitrogens is 3. The molecular formula is C11H9ClN4O2S. The van der Waals surface area contributed by atoms with Crippen molar-refractivity contribution in [2.75, 3.05) is 5.32 Å². The van der Waals surface area contributed by atoms with Gasteiger partial charge in [-0.25, -0.2) is 18.4 Å². The van der Waals surface area contributed by atoms with Crippen molar-refractivity contribution in [1.82, 2.24) is 15.0 Å². The summed E-state index contributed by atoms with van der Waals surface area (Å²) < 4.78 is 23.3. The van der Waals surface area contributed by atoms with E-state index in [0.717, 1.165) is 5.41 Å². The van der Waals surface area contributed by atoms with E-state index in [1.807, 2.05) is 0 Å². The van der Waals surface area contributed by atoms with Crippen molar-refractivity contribution >= 4 is 33.1 Å². The zero-order chi connectivity index (χ0) is 13.9. The molecule has 2 aromatic rings. The predicted molar refractivity (Wildman–Crippen MR) is 71.9 cm³/mol. The summed E-state index contributed by atoms with van der Waals surface area (Å²) in [5.41, 5.74) is 0.519. The molecule has 0 atom stereocenters. The number of hydrogen-bond acceptors (Lipinski definition) is 6. The molecule has 0 radical (unpaired) electrons. The van der Waals surface area contributed by atoms with Gasteiger partial charge in [0, 0.05) is 11.1 Å². The van der Waals surface area contributed by atoms with Crippen molar-refractivity contribution in [3.8, 4) is 0 Å². The molecule has 0 aliphatic carbocycles. The molecule has 0 unspecified atom stereocenters. The van der Waals surface area contributed by atoms with E-state index in [0.29, 0.717) is 5.69 Å². The number of hydrogen-bond donors (Lipinski definition) is 1. The fourth-order valence-electron chi connectivity index (χ4n) is 1.31. The Kier molecular flexibility index (Phi) is 3.77. The highest BCUT2D eigenvalue weighted by Crippen LogP contribution is 2.19. The zero-order valence-corrected chi connectivity index (χ0v) is 11.2. The first-order valence-corrected chi connectivity index (χ1v) is 7.03. The van der Waals surface area contributed by atoms with Crippen LogP contribution >= 0.6 is 11.6 Å². The summed E-state index contributed by atoms with van der Waals surface area (Å²) in [4.78, 5) is 11.5. The fraction of sp³-hybridized carbons (Fsp3) is 0. The van der Waals surface area contributed by atoms with Gasteiger partial charge < -0.3 is 5.32 Å². The van der Waals surface area contributed by atoms with Crippen LogP contribution in [0.3, 0.4) is 0 Å². The van der Waals surface area contributed by atoms with Crippen molar-refractivity contribution in [2.45, 2.75) is 4.90 Å². The lowest BCUT2D eigenvalue weighted by molar-refractivity contribution is 0.605. The predicted octanol–water partition coefficient (Wildman–Crippen LogP) is 2.19. The first kappa shape index (κ1) is 13.4. The van der Waals surface area contributed by atoms with Crippen molar-refractivity contribution in [3.05, 3.63) is 47.9 Å². The third-order valence-electron chi connectivity index (χ3n) is 2.18. The third kappa shape index (κ3) is 3.27. The Morgan fingerprint density at radius 2 is 2.11 bits per heavy atom. The largest absolute Gasteiger partial charge is 0.324 e. The molecule has 0 fully saturated rings. The minimum Gasteiger partial charge on any atom is -0.324 e. The van der Waals surface area contributed by atoms with Crippen LogP contribution in [0.15, 0.2) is 47.5 Å². The lowest BCUT2D eigenvalue weighted by Gasteiger charge is -2.06. The van der Waals surface area contributed by atoms with Crippen molar-refractivity contribution in [2.24, 2.45) is 0 Å². The van der Waals surface area contributed by atoms with E-state index in [1.54, 1.807) is 12.1 Å². The van der Waals surface area contributed by atoms with Crippen LogP contribution in [-0.4, -0.2) is 23.4 Å². The first-order chi connectivity index (χ1) is 9.01. The second-order valence-electron chi connectivity index (χ2n) is 3.44. The summed E-state index contributed by atoms with van der Waals surface area (Å²) in [6, 6.07) is 6.21. The van der Waals surface area contributed by atoms with E-state index in [1.165, 1.54) is 18.5 Å². The van der Waals surface area contributed by atoms with Gasteiger partial charge in [0.05, 0.1) is 4.90 Å². The Labute approximate surface area is 115 Å². The molecule has 1 aromatic carbocycles. The molecule has 0 aliphatic heterocycles. The minimum absolute atomic E-state index is 0.0485. The Hall–Kier alpha value is -1.99. The number of anilines is 2. The van der Waals surface area contributed by atoms with Crippen LogP contribution < -0.4 is 5.32 Å². The summed E-state index contributed by atoms with van der Waals surface area (Å²) in [6.07, 6.45) is 1.25. The number of halogens is 1. The molecule has 1 N–H and O–H groups in total. The van der Waals surface area contributed by atoms with E-state index >= 15 is 0 Å². The van der Waals surface area contributed by atoms with Gasteiger partial charge in [0.2, 0.25) is 11.2 Å². The number of rotatable bonds is 4. The van der Waals surface area contributed by atoms with E-state index in [4.69, 9.17) is 11.6 Å². The van der Waals surface area contributed by atoms with Gasteiger partial charge in [0.1, 0.15) is 6.33 Å². The lowest BCUT2D eigenvalue weighted by Crippen LogP contribution is -2.00. The second-order valence-corrected chi connectivity index (χ2v) is 5.68. The molecule has 1 aromatic heterocycles. The van der Waals surface area contributed by atoms with E-state index < -0.39 is 9.84 Å². The van der Waals surface area contributed by atoms with Gasteiger partial charge in [0.15, 0.2) is 9.84 Å². The maximum absolute atomic E-state index is 11.7. The second kappa shape index (κ2) is 5.33. The maximum Gasteiger partial charge on any atom is 0.231 e. The van der Waals surface area contributed by atoms with Crippen LogP contribution in [0.2, 0.25) is 5.28 Å². The average Bonchev–Trinajstić information content (AvgIpc) is 2.39. The van der Waals surface area contributed by atoms with E-state index in [9.17, 15) is 8.42 Å². The SMILES string of the molecule is C=CS(=O)(=O)c1cccc(Nc2ncnc(Cl)n2)c1. The molecule has 0 spiro atoms. The Bertz CT molecular complexity index is 718. The van der Waals surface area contributed by atoms with E-state index in [2.05, 4.69) is 26.8 Å². The molecule has 8 heteroatoms. The van der Waals surface area contributed by atoms with Gasteiger partial charge in [-0.3, -0.25) is 0 Å². The Morgan fingerprint density at radius 3 is 2.79 bits per heavy atom.